The third-order valence-electron chi connectivity index (χ3n) is 3.10. The van der Waals surface area contributed by atoms with E-state index in [2.05, 4.69) is 4.98 Å². The highest BCUT2D eigenvalue weighted by Gasteiger charge is 2.23. The lowest BCUT2D eigenvalue weighted by atomic mass is 10.4. The summed E-state index contributed by atoms with van der Waals surface area (Å²) in [4.78, 5) is 19.5. The molecule has 0 aliphatic rings. The van der Waals surface area contributed by atoms with E-state index in [1.807, 2.05) is 36.0 Å². The van der Waals surface area contributed by atoms with E-state index in [9.17, 15) is 4.79 Å². The van der Waals surface area contributed by atoms with Crippen LogP contribution in [0, 0.1) is 0 Å². The van der Waals surface area contributed by atoms with Gasteiger partial charge in [0.2, 0.25) is 0 Å². The summed E-state index contributed by atoms with van der Waals surface area (Å²) in [5.74, 6) is 0.542. The van der Waals surface area contributed by atoms with Crippen LogP contribution in [0.25, 0.3) is 0 Å². The molecule has 0 saturated heterocycles. The van der Waals surface area contributed by atoms with Gasteiger partial charge in [-0.3, -0.25) is 0 Å². The first-order chi connectivity index (χ1) is 9.99. The van der Waals surface area contributed by atoms with Crippen LogP contribution >= 0.6 is 23.1 Å². The molecule has 2 aromatic heterocycles. The monoisotopic (exact) mass is 326 g/mol. The molecule has 0 saturated carbocycles. The van der Waals surface area contributed by atoms with Crippen molar-refractivity contribution in [3.8, 4) is 0 Å². The van der Waals surface area contributed by atoms with E-state index in [4.69, 9.17) is 10.5 Å². The van der Waals surface area contributed by atoms with Gasteiger partial charge in [-0.05, 0) is 6.26 Å². The zero-order valence-electron chi connectivity index (χ0n) is 12.4. The molecule has 2 rings (SSSR count). The van der Waals surface area contributed by atoms with Crippen LogP contribution < -0.4 is 10.6 Å². The number of anilines is 2. The van der Waals surface area contributed by atoms with Gasteiger partial charge < -0.3 is 19.9 Å². The number of carbonyl (C=O) groups excluding carboxylic acids is 1. The number of nitrogens with two attached hydrogens (primary N) is 1. The van der Waals surface area contributed by atoms with Crippen LogP contribution in [0.4, 0.5) is 10.7 Å². The molecule has 0 amide bonds. The molecule has 2 heterocycles. The molecule has 0 aliphatic heterocycles. The van der Waals surface area contributed by atoms with Crippen molar-refractivity contribution in [2.24, 2.45) is 7.05 Å². The van der Waals surface area contributed by atoms with Crippen LogP contribution in [-0.4, -0.2) is 35.9 Å². The molecular formula is C13H18N4O2S2. The summed E-state index contributed by atoms with van der Waals surface area (Å²) in [5.41, 5.74) is 6.56. The maximum absolute atomic E-state index is 11.8. The number of carbonyl (C=O) groups is 1. The lowest BCUT2D eigenvalue weighted by molar-refractivity contribution is 0.0607. The Bertz CT molecular complexity index is 651. The highest BCUT2D eigenvalue weighted by atomic mass is 32.2. The number of hydrogen-bond acceptors (Lipinski definition) is 7. The predicted molar refractivity (Wildman–Crippen MR) is 87.2 cm³/mol. The molecular weight excluding hydrogens is 308 g/mol. The van der Waals surface area contributed by atoms with E-state index >= 15 is 0 Å². The Hall–Kier alpha value is -1.67. The number of thioether (sulfide) groups is 1. The normalized spacial score (nSPS) is 10.7. The fraction of sp³-hybridized carbons (Fsp3) is 0.385. The molecule has 0 bridgehead atoms. The fourth-order valence-electron chi connectivity index (χ4n) is 1.94. The van der Waals surface area contributed by atoms with Gasteiger partial charge in [-0.25, -0.2) is 9.78 Å². The molecule has 0 aromatic carbocycles. The number of thiophene rings is 1. The second-order valence-electron chi connectivity index (χ2n) is 4.49. The van der Waals surface area contributed by atoms with Crippen molar-refractivity contribution in [3.05, 3.63) is 23.1 Å². The van der Waals surface area contributed by atoms with Crippen LogP contribution in [0.3, 0.4) is 0 Å². The van der Waals surface area contributed by atoms with Gasteiger partial charge in [0.05, 0.1) is 24.2 Å². The standard InChI is InChI=1S/C13H18N4O2S2/c1-16-6-5-15-8(16)7-17(2)12-10(20-4)9(14)11(21-12)13(18)19-3/h5-6H,7,14H2,1-4H3. The topological polar surface area (TPSA) is 73.4 Å². The molecule has 21 heavy (non-hydrogen) atoms. The van der Waals surface area contributed by atoms with Crippen LogP contribution in [0.15, 0.2) is 17.3 Å². The molecule has 6 nitrogen and oxygen atoms in total. The van der Waals surface area contributed by atoms with Crippen molar-refractivity contribution in [2.45, 2.75) is 11.4 Å². The van der Waals surface area contributed by atoms with Crippen LogP contribution in [0.2, 0.25) is 0 Å². The van der Waals surface area contributed by atoms with Crippen molar-refractivity contribution in [2.75, 3.05) is 31.0 Å². The number of nitrogen functional groups attached to an aromatic ring is 1. The summed E-state index contributed by atoms with van der Waals surface area (Å²) in [5, 5.41) is 0.948. The first-order valence-corrected chi connectivity index (χ1v) is 8.25. The first kappa shape index (κ1) is 15.7. The van der Waals surface area contributed by atoms with Crippen molar-refractivity contribution >= 4 is 39.8 Å². The quantitative estimate of drug-likeness (QED) is 0.671. The van der Waals surface area contributed by atoms with E-state index < -0.39 is 5.97 Å². The van der Waals surface area contributed by atoms with Gasteiger partial charge >= 0.3 is 5.97 Å². The SMILES string of the molecule is COC(=O)c1sc(N(C)Cc2nccn2C)c(SC)c1N. The number of methoxy groups -OCH3 is 1. The molecule has 0 atom stereocenters. The van der Waals surface area contributed by atoms with Crippen molar-refractivity contribution in [3.63, 3.8) is 0 Å². The van der Waals surface area contributed by atoms with Gasteiger partial charge in [0.15, 0.2) is 0 Å². The maximum Gasteiger partial charge on any atom is 0.350 e. The molecule has 8 heteroatoms. The molecule has 0 unspecified atom stereocenters. The molecule has 2 N–H and O–H groups in total. The molecule has 2 aromatic rings. The second-order valence-corrected chi connectivity index (χ2v) is 6.30. The van der Waals surface area contributed by atoms with Crippen molar-refractivity contribution in [1.82, 2.24) is 9.55 Å². The first-order valence-electron chi connectivity index (χ1n) is 6.21. The third-order valence-corrected chi connectivity index (χ3v) is 5.35. The largest absolute Gasteiger partial charge is 0.465 e. The summed E-state index contributed by atoms with van der Waals surface area (Å²) >= 11 is 2.87. The number of aryl methyl sites for hydroxylation is 1. The minimum absolute atomic E-state index is 0.399. The number of nitrogens with zero attached hydrogens (tertiary/aromatic N) is 3. The lowest BCUT2D eigenvalue weighted by Crippen LogP contribution is -2.18. The minimum Gasteiger partial charge on any atom is -0.465 e. The molecule has 0 spiro atoms. The fourth-order valence-corrected chi connectivity index (χ4v) is 4.03. The molecule has 0 fully saturated rings. The number of hydrogen-bond donors (Lipinski definition) is 1. The highest BCUT2D eigenvalue weighted by Crippen LogP contribution is 2.43. The Morgan fingerprint density at radius 1 is 1.62 bits per heavy atom. The van der Waals surface area contributed by atoms with Gasteiger partial charge in [-0.2, -0.15) is 0 Å². The van der Waals surface area contributed by atoms with Crippen molar-refractivity contribution < 1.29 is 9.53 Å². The van der Waals surface area contributed by atoms with Gasteiger partial charge in [-0.1, -0.05) is 0 Å². The van der Waals surface area contributed by atoms with E-state index in [0.29, 0.717) is 17.1 Å². The van der Waals surface area contributed by atoms with Crippen LogP contribution in [0.1, 0.15) is 15.5 Å². The van der Waals surface area contributed by atoms with E-state index in [1.54, 1.807) is 6.20 Å². The number of aromatic nitrogens is 2. The summed E-state index contributed by atoms with van der Waals surface area (Å²) < 4.78 is 6.75. The zero-order valence-corrected chi connectivity index (χ0v) is 14.0. The Labute approximate surface area is 131 Å². The molecule has 0 radical (unpaired) electrons. The second kappa shape index (κ2) is 6.40. The van der Waals surface area contributed by atoms with Crippen molar-refractivity contribution in [1.29, 1.82) is 0 Å². The minimum atomic E-state index is -0.399. The van der Waals surface area contributed by atoms with Gasteiger partial charge in [0.1, 0.15) is 15.7 Å². The Morgan fingerprint density at radius 3 is 2.86 bits per heavy atom. The van der Waals surface area contributed by atoms with E-state index in [-0.39, 0.29) is 0 Å². The highest BCUT2D eigenvalue weighted by molar-refractivity contribution is 7.99. The maximum atomic E-state index is 11.8. The summed E-state index contributed by atoms with van der Waals surface area (Å²) in [6.07, 6.45) is 5.61. The van der Waals surface area contributed by atoms with E-state index in [1.165, 1.54) is 30.2 Å². The number of rotatable bonds is 5. The Morgan fingerprint density at radius 2 is 2.33 bits per heavy atom. The molecule has 0 aliphatic carbocycles. The summed E-state index contributed by atoms with van der Waals surface area (Å²) in [6, 6.07) is 0. The Balaban J connectivity index is 2.34. The summed E-state index contributed by atoms with van der Waals surface area (Å²) in [6.45, 7) is 0.637. The van der Waals surface area contributed by atoms with Crippen LogP contribution in [-0.2, 0) is 18.3 Å². The average Bonchev–Trinajstić information content (AvgIpc) is 3.02. The number of imidazole rings is 1. The number of ether oxygens (including phenoxy) is 1. The lowest BCUT2D eigenvalue weighted by Gasteiger charge is -2.18. The number of esters is 1. The smallest absolute Gasteiger partial charge is 0.350 e. The summed E-state index contributed by atoms with van der Waals surface area (Å²) in [7, 11) is 5.27. The van der Waals surface area contributed by atoms with Gasteiger partial charge in [-0.15, -0.1) is 23.1 Å². The average molecular weight is 326 g/mol. The van der Waals surface area contributed by atoms with Crippen LogP contribution in [0.5, 0.6) is 0 Å². The zero-order chi connectivity index (χ0) is 15.6. The Kier molecular flexibility index (Phi) is 4.79. The van der Waals surface area contributed by atoms with E-state index in [0.717, 1.165) is 15.7 Å². The van der Waals surface area contributed by atoms with Gasteiger partial charge in [0.25, 0.3) is 0 Å². The predicted octanol–water partition coefficient (Wildman–Crippen LogP) is 2.21. The van der Waals surface area contributed by atoms with Gasteiger partial charge in [0, 0.05) is 26.5 Å². The molecule has 114 valence electrons. The third kappa shape index (κ3) is 3.01.